The highest BCUT2D eigenvalue weighted by molar-refractivity contribution is 5.72. The van der Waals surface area contributed by atoms with Crippen molar-refractivity contribution in [3.8, 4) is 6.07 Å². The van der Waals surface area contributed by atoms with Gasteiger partial charge in [0.1, 0.15) is 0 Å². The van der Waals surface area contributed by atoms with Crippen LogP contribution >= 0.6 is 0 Å². The number of ether oxygens (including phenoxy) is 1. The molecule has 0 amide bonds. The Hall–Kier alpha value is -2.02. The molecule has 17 heavy (non-hydrogen) atoms. The van der Waals surface area contributed by atoms with Gasteiger partial charge in [0.05, 0.1) is 24.7 Å². The third-order valence-corrected chi connectivity index (χ3v) is 2.57. The standard InChI is InChI=1S/C13H16N2O2/c1-9-4-5-11(7-14)6-12(9)15-8-10(2)13(16)17-3/h4-6,10,15H,8H2,1-3H3. The van der Waals surface area contributed by atoms with Crippen molar-refractivity contribution in [3.05, 3.63) is 29.3 Å². The Balaban J connectivity index is 2.69. The summed E-state index contributed by atoms with van der Waals surface area (Å²) in [5.41, 5.74) is 2.52. The Morgan fingerprint density at radius 1 is 1.59 bits per heavy atom. The molecule has 4 nitrogen and oxygen atoms in total. The molecular weight excluding hydrogens is 216 g/mol. The SMILES string of the molecule is COC(=O)C(C)CNc1cc(C#N)ccc1C. The Kier molecular flexibility index (Phi) is 4.53. The number of nitriles is 1. The van der Waals surface area contributed by atoms with E-state index in [0.717, 1.165) is 11.3 Å². The molecule has 1 aromatic rings. The normalized spacial score (nSPS) is 11.4. The van der Waals surface area contributed by atoms with E-state index >= 15 is 0 Å². The zero-order chi connectivity index (χ0) is 12.8. The molecule has 0 saturated carbocycles. The predicted octanol–water partition coefficient (Wildman–Crippen LogP) is 2.09. The van der Waals surface area contributed by atoms with Gasteiger partial charge in [-0.05, 0) is 24.6 Å². The first kappa shape index (κ1) is 13.0. The van der Waals surface area contributed by atoms with Crippen molar-refractivity contribution in [1.82, 2.24) is 0 Å². The minimum atomic E-state index is -0.244. The van der Waals surface area contributed by atoms with E-state index in [1.165, 1.54) is 7.11 Å². The van der Waals surface area contributed by atoms with Gasteiger partial charge in [0.25, 0.3) is 0 Å². The topological polar surface area (TPSA) is 62.1 Å². The number of rotatable bonds is 4. The second-order valence-corrected chi connectivity index (χ2v) is 3.95. The highest BCUT2D eigenvalue weighted by Gasteiger charge is 2.12. The van der Waals surface area contributed by atoms with Crippen molar-refractivity contribution in [3.63, 3.8) is 0 Å². The Bertz CT molecular complexity index is 449. The first-order chi connectivity index (χ1) is 8.08. The molecule has 1 aromatic carbocycles. The predicted molar refractivity (Wildman–Crippen MR) is 65.6 cm³/mol. The second-order valence-electron chi connectivity index (χ2n) is 3.95. The summed E-state index contributed by atoms with van der Waals surface area (Å²) >= 11 is 0. The van der Waals surface area contributed by atoms with Gasteiger partial charge in [0.15, 0.2) is 0 Å². The van der Waals surface area contributed by atoms with Crippen LogP contribution in [0.1, 0.15) is 18.1 Å². The van der Waals surface area contributed by atoms with Crippen LogP contribution in [0.5, 0.6) is 0 Å². The molecule has 0 aromatic heterocycles. The molecule has 0 aliphatic rings. The number of esters is 1. The average molecular weight is 232 g/mol. The summed E-state index contributed by atoms with van der Waals surface area (Å²) in [5.74, 6) is -0.461. The lowest BCUT2D eigenvalue weighted by Gasteiger charge is -2.13. The van der Waals surface area contributed by atoms with Crippen LogP contribution in [0, 0.1) is 24.2 Å². The number of nitrogens with zero attached hydrogens (tertiary/aromatic N) is 1. The monoisotopic (exact) mass is 232 g/mol. The van der Waals surface area contributed by atoms with Gasteiger partial charge < -0.3 is 10.1 Å². The highest BCUT2D eigenvalue weighted by Crippen LogP contribution is 2.16. The summed E-state index contributed by atoms with van der Waals surface area (Å²) in [5, 5.41) is 12.0. The fourth-order valence-corrected chi connectivity index (χ4v) is 1.43. The van der Waals surface area contributed by atoms with Crippen LogP contribution in [-0.2, 0) is 9.53 Å². The van der Waals surface area contributed by atoms with Gasteiger partial charge in [-0.3, -0.25) is 4.79 Å². The Labute approximate surface area is 101 Å². The van der Waals surface area contributed by atoms with E-state index in [9.17, 15) is 4.79 Å². The first-order valence-corrected chi connectivity index (χ1v) is 5.41. The van der Waals surface area contributed by atoms with E-state index in [4.69, 9.17) is 5.26 Å². The lowest BCUT2D eigenvalue weighted by molar-refractivity contribution is -0.144. The quantitative estimate of drug-likeness (QED) is 0.807. The molecule has 1 atom stereocenters. The van der Waals surface area contributed by atoms with Crippen molar-refractivity contribution in [2.24, 2.45) is 5.92 Å². The summed E-state index contributed by atoms with van der Waals surface area (Å²) < 4.78 is 4.64. The summed E-state index contributed by atoms with van der Waals surface area (Å²) in [6, 6.07) is 7.51. The average Bonchev–Trinajstić information content (AvgIpc) is 2.36. The lowest BCUT2D eigenvalue weighted by atomic mass is 10.1. The van der Waals surface area contributed by atoms with Gasteiger partial charge in [-0.25, -0.2) is 0 Å². The molecule has 0 fully saturated rings. The van der Waals surface area contributed by atoms with Crippen LogP contribution in [0.3, 0.4) is 0 Å². The third kappa shape index (κ3) is 3.49. The molecule has 4 heteroatoms. The van der Waals surface area contributed by atoms with Gasteiger partial charge in [-0.2, -0.15) is 5.26 Å². The number of methoxy groups -OCH3 is 1. The Morgan fingerprint density at radius 3 is 2.88 bits per heavy atom. The first-order valence-electron chi connectivity index (χ1n) is 5.41. The molecule has 0 aliphatic carbocycles. The molecule has 90 valence electrons. The second kappa shape index (κ2) is 5.90. The van der Waals surface area contributed by atoms with E-state index in [0.29, 0.717) is 12.1 Å². The van der Waals surface area contributed by atoms with E-state index in [1.807, 2.05) is 13.0 Å². The van der Waals surface area contributed by atoms with Crippen molar-refractivity contribution >= 4 is 11.7 Å². The number of hydrogen-bond acceptors (Lipinski definition) is 4. The molecular formula is C13H16N2O2. The molecule has 0 heterocycles. The fraction of sp³-hybridized carbons (Fsp3) is 0.385. The van der Waals surface area contributed by atoms with Gasteiger partial charge in [-0.1, -0.05) is 13.0 Å². The zero-order valence-electron chi connectivity index (χ0n) is 10.3. The molecule has 0 aliphatic heterocycles. The smallest absolute Gasteiger partial charge is 0.310 e. The highest BCUT2D eigenvalue weighted by atomic mass is 16.5. The van der Waals surface area contributed by atoms with Crippen molar-refractivity contribution in [1.29, 1.82) is 5.26 Å². The number of benzene rings is 1. The van der Waals surface area contributed by atoms with E-state index in [2.05, 4.69) is 16.1 Å². The molecule has 0 saturated heterocycles. The summed E-state index contributed by atoms with van der Waals surface area (Å²) in [4.78, 5) is 11.2. The maximum absolute atomic E-state index is 11.2. The number of nitrogens with one attached hydrogen (secondary N) is 1. The summed E-state index contributed by atoms with van der Waals surface area (Å²) in [7, 11) is 1.38. The van der Waals surface area contributed by atoms with Crippen LogP contribution < -0.4 is 5.32 Å². The molecule has 0 radical (unpaired) electrons. The minimum absolute atomic E-state index is 0.217. The number of anilines is 1. The fourth-order valence-electron chi connectivity index (χ4n) is 1.43. The number of hydrogen-bond donors (Lipinski definition) is 1. The van der Waals surface area contributed by atoms with E-state index < -0.39 is 0 Å². The molecule has 1 unspecified atom stereocenters. The van der Waals surface area contributed by atoms with E-state index in [-0.39, 0.29) is 11.9 Å². The summed E-state index contributed by atoms with van der Waals surface area (Å²) in [6.45, 7) is 4.23. The van der Waals surface area contributed by atoms with Crippen LogP contribution in [-0.4, -0.2) is 19.6 Å². The Morgan fingerprint density at radius 2 is 2.29 bits per heavy atom. The number of carbonyl (C=O) groups is 1. The van der Waals surface area contributed by atoms with Crippen LogP contribution in [0.25, 0.3) is 0 Å². The molecule has 0 bridgehead atoms. The largest absolute Gasteiger partial charge is 0.469 e. The zero-order valence-corrected chi connectivity index (χ0v) is 10.3. The van der Waals surface area contributed by atoms with Crippen LogP contribution in [0.2, 0.25) is 0 Å². The molecule has 0 spiro atoms. The summed E-state index contributed by atoms with van der Waals surface area (Å²) in [6.07, 6.45) is 0. The maximum atomic E-state index is 11.2. The van der Waals surface area contributed by atoms with E-state index in [1.54, 1.807) is 19.1 Å². The van der Waals surface area contributed by atoms with Gasteiger partial charge in [-0.15, -0.1) is 0 Å². The van der Waals surface area contributed by atoms with Crippen LogP contribution in [0.4, 0.5) is 5.69 Å². The van der Waals surface area contributed by atoms with Gasteiger partial charge >= 0.3 is 5.97 Å². The van der Waals surface area contributed by atoms with Crippen molar-refractivity contribution in [2.45, 2.75) is 13.8 Å². The van der Waals surface area contributed by atoms with Crippen LogP contribution in [0.15, 0.2) is 18.2 Å². The van der Waals surface area contributed by atoms with Crippen molar-refractivity contribution < 1.29 is 9.53 Å². The number of aryl methyl sites for hydroxylation is 1. The van der Waals surface area contributed by atoms with Crippen molar-refractivity contribution in [2.75, 3.05) is 19.0 Å². The lowest BCUT2D eigenvalue weighted by Crippen LogP contribution is -2.21. The van der Waals surface area contributed by atoms with Gasteiger partial charge in [0.2, 0.25) is 0 Å². The third-order valence-electron chi connectivity index (χ3n) is 2.57. The molecule has 1 N–H and O–H groups in total. The minimum Gasteiger partial charge on any atom is -0.469 e. The molecule has 1 rings (SSSR count). The number of carbonyl (C=O) groups excluding carboxylic acids is 1. The maximum Gasteiger partial charge on any atom is 0.310 e. The van der Waals surface area contributed by atoms with Gasteiger partial charge in [0, 0.05) is 12.2 Å².